The Morgan fingerprint density at radius 2 is 2.07 bits per heavy atom. The van der Waals surface area contributed by atoms with E-state index in [0.29, 0.717) is 0 Å². The Morgan fingerprint density at radius 3 is 3.00 bits per heavy atom. The molecule has 0 spiro atoms. The highest BCUT2D eigenvalue weighted by atomic mass is 15.2. The summed E-state index contributed by atoms with van der Waals surface area (Å²) >= 11 is 0. The van der Waals surface area contributed by atoms with Crippen molar-refractivity contribution in [1.82, 2.24) is 4.90 Å². The molecule has 0 N–H and O–H groups in total. The Hall–Kier alpha value is -0.820. The second kappa shape index (κ2) is 3.64. The normalized spacial score (nSPS) is 30.7. The summed E-state index contributed by atoms with van der Waals surface area (Å²) in [4.78, 5) is 2.71. The second-order valence-corrected chi connectivity index (χ2v) is 4.98. The fraction of sp³-hybridized carbons (Fsp3) is 0.571. The lowest BCUT2D eigenvalue weighted by Gasteiger charge is -2.44. The number of hydrogen-bond acceptors (Lipinski definition) is 1. The van der Waals surface area contributed by atoms with Gasteiger partial charge >= 0.3 is 0 Å². The number of fused-ring (bicyclic) bond motifs is 3. The van der Waals surface area contributed by atoms with E-state index in [9.17, 15) is 0 Å². The molecule has 3 rings (SSSR count). The topological polar surface area (TPSA) is 3.24 Å². The molecule has 80 valence electrons. The van der Waals surface area contributed by atoms with Crippen molar-refractivity contribution in [2.24, 2.45) is 0 Å². The molecule has 2 unspecified atom stereocenters. The summed E-state index contributed by atoms with van der Waals surface area (Å²) in [6.45, 7) is 3.66. The van der Waals surface area contributed by atoms with Crippen molar-refractivity contribution in [1.29, 1.82) is 0 Å². The van der Waals surface area contributed by atoms with E-state index >= 15 is 0 Å². The third-order valence-electron chi connectivity index (χ3n) is 4.12. The number of rotatable bonds is 0. The number of nitrogens with zero attached hydrogens (tertiary/aromatic N) is 1. The molecule has 1 aromatic carbocycles. The van der Waals surface area contributed by atoms with Crippen LogP contribution in [0.25, 0.3) is 0 Å². The average Bonchev–Trinajstić information content (AvgIpc) is 2.29. The Bertz CT molecular complexity index is 358. The van der Waals surface area contributed by atoms with Crippen LogP contribution in [-0.2, 0) is 6.42 Å². The lowest BCUT2D eigenvalue weighted by molar-refractivity contribution is 0.0843. The van der Waals surface area contributed by atoms with Gasteiger partial charge in [0.2, 0.25) is 0 Å². The Kier molecular flexibility index (Phi) is 2.28. The van der Waals surface area contributed by atoms with Crippen LogP contribution in [0.4, 0.5) is 0 Å². The van der Waals surface area contributed by atoms with E-state index in [2.05, 4.69) is 36.1 Å². The van der Waals surface area contributed by atoms with E-state index < -0.39 is 0 Å². The van der Waals surface area contributed by atoms with Crippen LogP contribution in [0, 0.1) is 0 Å². The van der Waals surface area contributed by atoms with Crippen molar-refractivity contribution in [2.75, 3.05) is 6.54 Å². The molecule has 0 aromatic heterocycles. The largest absolute Gasteiger partial charge is 0.293 e. The zero-order chi connectivity index (χ0) is 10.3. The van der Waals surface area contributed by atoms with Crippen LogP contribution in [0.1, 0.15) is 43.4 Å². The van der Waals surface area contributed by atoms with Crippen LogP contribution in [0.15, 0.2) is 24.3 Å². The minimum absolute atomic E-state index is 0.721. The highest BCUT2D eigenvalue weighted by molar-refractivity contribution is 5.33. The molecule has 0 saturated carbocycles. The van der Waals surface area contributed by atoms with Crippen LogP contribution < -0.4 is 0 Å². The van der Waals surface area contributed by atoms with E-state index in [0.717, 1.165) is 12.1 Å². The number of piperidine rings is 1. The van der Waals surface area contributed by atoms with Crippen molar-refractivity contribution >= 4 is 0 Å². The minimum atomic E-state index is 0.721. The number of hydrogen-bond donors (Lipinski definition) is 0. The predicted molar refractivity (Wildman–Crippen MR) is 62.9 cm³/mol. The average molecular weight is 201 g/mol. The summed E-state index contributed by atoms with van der Waals surface area (Å²) in [5.74, 6) is 0. The Labute approximate surface area is 92.1 Å². The molecule has 2 atom stereocenters. The molecule has 1 aromatic rings. The van der Waals surface area contributed by atoms with Crippen LogP contribution in [0.3, 0.4) is 0 Å². The molecule has 2 heterocycles. The smallest absolute Gasteiger partial charge is 0.0353 e. The van der Waals surface area contributed by atoms with Crippen molar-refractivity contribution in [2.45, 2.75) is 44.7 Å². The third kappa shape index (κ3) is 1.50. The van der Waals surface area contributed by atoms with Crippen LogP contribution in [0.2, 0.25) is 0 Å². The van der Waals surface area contributed by atoms with E-state index in [1.807, 2.05) is 0 Å². The summed E-state index contributed by atoms with van der Waals surface area (Å²) in [6, 6.07) is 10.5. The van der Waals surface area contributed by atoms with Gasteiger partial charge in [-0.2, -0.15) is 0 Å². The summed E-state index contributed by atoms with van der Waals surface area (Å²) < 4.78 is 0. The third-order valence-corrected chi connectivity index (χ3v) is 4.12. The van der Waals surface area contributed by atoms with Crippen molar-refractivity contribution < 1.29 is 0 Å². The summed E-state index contributed by atoms with van der Waals surface area (Å²) in [5.41, 5.74) is 3.20. The van der Waals surface area contributed by atoms with Gasteiger partial charge in [-0.05, 0) is 37.3 Å². The predicted octanol–water partition coefficient (Wildman–Crippen LogP) is 3.16. The van der Waals surface area contributed by atoms with Gasteiger partial charge in [0.1, 0.15) is 0 Å². The van der Waals surface area contributed by atoms with Crippen molar-refractivity contribution in [3.8, 4) is 0 Å². The lowest BCUT2D eigenvalue weighted by atomic mass is 9.85. The molecule has 15 heavy (non-hydrogen) atoms. The Morgan fingerprint density at radius 1 is 1.20 bits per heavy atom. The molecule has 1 nitrogen and oxygen atoms in total. The standard InChI is InChI=1S/C14H19N/c1-11-5-4-8-14-13-7-3-2-6-12(13)9-10-15(11)14/h2-3,6-7,11,14H,4-5,8-10H2,1H3. The van der Waals surface area contributed by atoms with E-state index in [1.54, 1.807) is 11.1 Å². The first-order chi connectivity index (χ1) is 7.36. The zero-order valence-corrected chi connectivity index (χ0v) is 9.45. The zero-order valence-electron chi connectivity index (χ0n) is 9.45. The van der Waals surface area contributed by atoms with Gasteiger partial charge in [-0.1, -0.05) is 30.7 Å². The quantitative estimate of drug-likeness (QED) is 0.623. The highest BCUT2D eigenvalue weighted by Gasteiger charge is 2.32. The lowest BCUT2D eigenvalue weighted by Crippen LogP contribution is -2.44. The van der Waals surface area contributed by atoms with Gasteiger partial charge < -0.3 is 0 Å². The van der Waals surface area contributed by atoms with Gasteiger partial charge in [-0.15, -0.1) is 0 Å². The molecular formula is C14H19N. The molecule has 0 amide bonds. The molecule has 2 aliphatic heterocycles. The monoisotopic (exact) mass is 201 g/mol. The van der Waals surface area contributed by atoms with E-state index in [4.69, 9.17) is 0 Å². The molecule has 0 bridgehead atoms. The van der Waals surface area contributed by atoms with E-state index in [-0.39, 0.29) is 0 Å². The first-order valence-corrected chi connectivity index (χ1v) is 6.20. The Balaban J connectivity index is 1.99. The minimum Gasteiger partial charge on any atom is -0.293 e. The molecule has 0 radical (unpaired) electrons. The summed E-state index contributed by atoms with van der Waals surface area (Å²) in [5, 5.41) is 0. The van der Waals surface area contributed by atoms with Crippen LogP contribution >= 0.6 is 0 Å². The fourth-order valence-electron chi connectivity index (χ4n) is 3.29. The molecule has 1 heteroatoms. The van der Waals surface area contributed by atoms with Crippen LogP contribution in [-0.4, -0.2) is 17.5 Å². The second-order valence-electron chi connectivity index (χ2n) is 4.98. The summed E-state index contributed by atoms with van der Waals surface area (Å²) in [6.07, 6.45) is 5.40. The first kappa shape index (κ1) is 9.41. The van der Waals surface area contributed by atoms with Gasteiger partial charge in [0.15, 0.2) is 0 Å². The van der Waals surface area contributed by atoms with Gasteiger partial charge in [-0.3, -0.25) is 4.90 Å². The summed E-state index contributed by atoms with van der Waals surface area (Å²) in [7, 11) is 0. The first-order valence-electron chi connectivity index (χ1n) is 6.20. The van der Waals surface area contributed by atoms with Crippen LogP contribution in [0.5, 0.6) is 0 Å². The molecular weight excluding hydrogens is 182 g/mol. The van der Waals surface area contributed by atoms with Gasteiger partial charge in [-0.25, -0.2) is 0 Å². The molecule has 1 fully saturated rings. The molecule has 1 saturated heterocycles. The maximum Gasteiger partial charge on any atom is 0.0353 e. The van der Waals surface area contributed by atoms with Gasteiger partial charge in [0.25, 0.3) is 0 Å². The fourth-order valence-corrected chi connectivity index (χ4v) is 3.29. The highest BCUT2D eigenvalue weighted by Crippen LogP contribution is 2.38. The molecule has 0 aliphatic carbocycles. The van der Waals surface area contributed by atoms with E-state index in [1.165, 1.54) is 32.2 Å². The maximum absolute atomic E-state index is 2.71. The SMILES string of the molecule is CC1CCCC2c3ccccc3CCN12. The maximum atomic E-state index is 2.71. The van der Waals surface area contributed by atoms with Gasteiger partial charge in [0.05, 0.1) is 0 Å². The van der Waals surface area contributed by atoms with Crippen molar-refractivity contribution in [3.05, 3.63) is 35.4 Å². The molecule has 2 aliphatic rings. The van der Waals surface area contributed by atoms with Gasteiger partial charge in [0, 0.05) is 18.6 Å². The van der Waals surface area contributed by atoms with Crippen molar-refractivity contribution in [3.63, 3.8) is 0 Å². The number of benzene rings is 1.